The van der Waals surface area contributed by atoms with Crippen LogP contribution in [0, 0.1) is 0 Å². The molecule has 116 valence electrons. The van der Waals surface area contributed by atoms with Gasteiger partial charge < -0.3 is 15.5 Å². The summed E-state index contributed by atoms with van der Waals surface area (Å²) in [6.07, 6.45) is 1.00. The van der Waals surface area contributed by atoms with Gasteiger partial charge in [0.2, 0.25) is 5.91 Å². The molecule has 2 atom stereocenters. The fourth-order valence-corrected chi connectivity index (χ4v) is 3.31. The maximum atomic E-state index is 11.2. The Morgan fingerprint density at radius 2 is 2.29 bits per heavy atom. The van der Waals surface area contributed by atoms with E-state index in [4.69, 9.17) is 0 Å². The predicted molar refractivity (Wildman–Crippen MR) is 90.7 cm³/mol. The first kappa shape index (κ1) is 16.3. The number of carbonyl (C=O) groups excluding carboxylic acids is 1. The van der Waals surface area contributed by atoms with Gasteiger partial charge in [-0.25, -0.2) is 0 Å². The van der Waals surface area contributed by atoms with Crippen LogP contribution in [0.1, 0.15) is 38.8 Å². The number of rotatable bonds is 5. The Bertz CT molecular complexity index is 506. The molecule has 0 aromatic heterocycles. The van der Waals surface area contributed by atoms with Gasteiger partial charge in [0.25, 0.3) is 0 Å². The number of nitrogens with one attached hydrogen (secondary N) is 2. The molecule has 4 nitrogen and oxygen atoms in total. The number of carbonyl (C=O) groups is 1. The molecule has 1 aromatic rings. The van der Waals surface area contributed by atoms with Crippen molar-refractivity contribution in [2.45, 2.75) is 39.3 Å². The molecule has 5 heteroatoms. The van der Waals surface area contributed by atoms with Crippen LogP contribution in [0.15, 0.2) is 22.7 Å². The van der Waals surface area contributed by atoms with Gasteiger partial charge in [0.15, 0.2) is 0 Å². The highest BCUT2D eigenvalue weighted by molar-refractivity contribution is 9.10. The molecule has 0 saturated carbocycles. The molecule has 0 bridgehead atoms. The molecule has 1 aliphatic heterocycles. The second-order valence-corrected chi connectivity index (χ2v) is 6.53. The second kappa shape index (κ2) is 7.27. The van der Waals surface area contributed by atoms with Crippen molar-refractivity contribution in [1.29, 1.82) is 0 Å². The van der Waals surface area contributed by atoms with Crippen LogP contribution in [0.25, 0.3) is 0 Å². The second-order valence-electron chi connectivity index (χ2n) is 5.61. The van der Waals surface area contributed by atoms with Crippen molar-refractivity contribution in [3.8, 4) is 0 Å². The third-order valence-electron chi connectivity index (χ3n) is 3.91. The van der Waals surface area contributed by atoms with Crippen molar-refractivity contribution in [1.82, 2.24) is 10.6 Å². The van der Waals surface area contributed by atoms with E-state index in [0.717, 1.165) is 30.5 Å². The molecule has 2 rings (SSSR count). The summed E-state index contributed by atoms with van der Waals surface area (Å²) >= 11 is 3.57. The molecule has 0 radical (unpaired) electrons. The summed E-state index contributed by atoms with van der Waals surface area (Å²) < 4.78 is 1.09. The summed E-state index contributed by atoms with van der Waals surface area (Å²) in [5.74, 6) is 0.0531. The van der Waals surface area contributed by atoms with Crippen LogP contribution in [-0.4, -0.2) is 31.6 Å². The lowest BCUT2D eigenvalue weighted by molar-refractivity contribution is -0.119. The highest BCUT2D eigenvalue weighted by Gasteiger charge is 2.25. The van der Waals surface area contributed by atoms with E-state index in [-0.39, 0.29) is 11.9 Å². The fourth-order valence-electron chi connectivity index (χ4n) is 2.96. The zero-order chi connectivity index (χ0) is 15.4. The third-order valence-corrected chi connectivity index (χ3v) is 4.40. The summed E-state index contributed by atoms with van der Waals surface area (Å²) in [6.45, 7) is 8.70. The van der Waals surface area contributed by atoms with Crippen LogP contribution in [0.2, 0.25) is 0 Å². The number of nitrogens with zero attached hydrogens (tertiary/aromatic N) is 1. The quantitative estimate of drug-likeness (QED) is 0.855. The van der Waals surface area contributed by atoms with Crippen LogP contribution in [0.3, 0.4) is 0 Å². The number of anilines is 1. The summed E-state index contributed by atoms with van der Waals surface area (Å²) in [5.41, 5.74) is 2.56. The van der Waals surface area contributed by atoms with Crippen molar-refractivity contribution >= 4 is 27.5 Å². The van der Waals surface area contributed by atoms with Gasteiger partial charge in [0, 0.05) is 42.3 Å². The van der Waals surface area contributed by atoms with Gasteiger partial charge in [-0.05, 0) is 37.6 Å². The normalized spacial score (nSPS) is 19.6. The van der Waals surface area contributed by atoms with E-state index in [2.05, 4.69) is 63.5 Å². The van der Waals surface area contributed by atoms with Crippen molar-refractivity contribution in [2.24, 2.45) is 0 Å². The van der Waals surface area contributed by atoms with E-state index in [1.54, 1.807) is 6.92 Å². The zero-order valence-electron chi connectivity index (χ0n) is 12.9. The van der Waals surface area contributed by atoms with Gasteiger partial charge >= 0.3 is 0 Å². The van der Waals surface area contributed by atoms with Crippen LogP contribution in [0.4, 0.5) is 5.69 Å². The van der Waals surface area contributed by atoms with Crippen LogP contribution in [-0.2, 0) is 4.79 Å². The minimum Gasteiger partial charge on any atom is -0.369 e. The molecule has 2 N–H and O–H groups in total. The lowest BCUT2D eigenvalue weighted by atomic mass is 10.1. The summed E-state index contributed by atoms with van der Waals surface area (Å²) in [5, 5.41) is 6.50. The first-order valence-corrected chi connectivity index (χ1v) is 8.35. The number of hydrogen-bond acceptors (Lipinski definition) is 3. The maximum Gasteiger partial charge on any atom is 0.217 e. The van der Waals surface area contributed by atoms with E-state index in [0.29, 0.717) is 6.04 Å². The molecule has 2 unspecified atom stereocenters. The predicted octanol–water partition coefficient (Wildman–Crippen LogP) is 2.83. The van der Waals surface area contributed by atoms with E-state index >= 15 is 0 Å². The molecular weight excluding hydrogens is 330 g/mol. The first-order valence-electron chi connectivity index (χ1n) is 7.56. The van der Waals surface area contributed by atoms with Gasteiger partial charge in [-0.15, -0.1) is 0 Å². The molecule has 0 spiro atoms. The zero-order valence-corrected chi connectivity index (χ0v) is 14.5. The maximum absolute atomic E-state index is 11.2. The van der Waals surface area contributed by atoms with Crippen molar-refractivity contribution < 1.29 is 4.79 Å². The number of benzene rings is 1. The average Bonchev–Trinajstić information content (AvgIpc) is 2.86. The smallest absolute Gasteiger partial charge is 0.217 e. The first-order chi connectivity index (χ1) is 10.0. The van der Waals surface area contributed by atoms with Gasteiger partial charge in [-0.2, -0.15) is 0 Å². The lowest BCUT2D eigenvalue weighted by Crippen LogP contribution is -2.35. The largest absolute Gasteiger partial charge is 0.369 e. The Hall–Kier alpha value is -1.07. The Morgan fingerprint density at radius 1 is 1.52 bits per heavy atom. The minimum absolute atomic E-state index is 0.0531. The highest BCUT2D eigenvalue weighted by Crippen LogP contribution is 2.32. The van der Waals surface area contributed by atoms with Gasteiger partial charge in [0.05, 0.1) is 0 Å². The van der Waals surface area contributed by atoms with Crippen LogP contribution in [0.5, 0.6) is 0 Å². The summed E-state index contributed by atoms with van der Waals surface area (Å²) in [4.78, 5) is 13.6. The number of halogens is 1. The molecule has 1 aromatic carbocycles. The van der Waals surface area contributed by atoms with Crippen molar-refractivity contribution in [3.05, 3.63) is 28.2 Å². The van der Waals surface area contributed by atoms with Crippen molar-refractivity contribution in [2.75, 3.05) is 24.5 Å². The summed E-state index contributed by atoms with van der Waals surface area (Å²) in [6, 6.07) is 7.02. The fraction of sp³-hybridized carbons (Fsp3) is 0.562. The molecule has 1 amide bonds. The van der Waals surface area contributed by atoms with E-state index in [1.807, 2.05) is 0 Å². The molecule has 0 aliphatic carbocycles. The molecule has 1 heterocycles. The molecular formula is C16H24BrN3O. The number of amides is 1. The molecule has 1 saturated heterocycles. The molecule has 1 aliphatic rings. The average molecular weight is 354 g/mol. The minimum atomic E-state index is 0.0531. The third kappa shape index (κ3) is 4.20. The van der Waals surface area contributed by atoms with Gasteiger partial charge in [0.1, 0.15) is 0 Å². The lowest BCUT2D eigenvalue weighted by Gasteiger charge is -2.25. The SMILES string of the molecule is CCNC(C)c1ccc(Br)cc1N1CCC(NC(C)=O)C1. The van der Waals surface area contributed by atoms with Crippen LogP contribution >= 0.6 is 15.9 Å². The number of hydrogen-bond donors (Lipinski definition) is 2. The Morgan fingerprint density at radius 3 is 2.95 bits per heavy atom. The van der Waals surface area contributed by atoms with Crippen LogP contribution < -0.4 is 15.5 Å². The Kier molecular flexibility index (Phi) is 5.65. The van der Waals surface area contributed by atoms with Crippen molar-refractivity contribution in [3.63, 3.8) is 0 Å². The highest BCUT2D eigenvalue weighted by atomic mass is 79.9. The van der Waals surface area contributed by atoms with E-state index < -0.39 is 0 Å². The Balaban J connectivity index is 2.18. The summed E-state index contributed by atoms with van der Waals surface area (Å²) in [7, 11) is 0. The van der Waals surface area contributed by atoms with Gasteiger partial charge in [-0.1, -0.05) is 28.9 Å². The Labute approximate surface area is 135 Å². The molecule has 1 fully saturated rings. The monoisotopic (exact) mass is 353 g/mol. The van der Waals surface area contributed by atoms with Gasteiger partial charge in [-0.3, -0.25) is 4.79 Å². The standard InChI is InChI=1S/C16H24BrN3O/c1-4-18-11(2)15-6-5-13(17)9-16(15)20-8-7-14(10-20)19-12(3)21/h5-6,9,11,14,18H,4,7-8,10H2,1-3H3,(H,19,21). The topological polar surface area (TPSA) is 44.4 Å². The van der Waals surface area contributed by atoms with E-state index in [9.17, 15) is 4.79 Å². The van der Waals surface area contributed by atoms with E-state index in [1.165, 1.54) is 11.3 Å². The molecule has 21 heavy (non-hydrogen) atoms.